The average Bonchev–Trinajstić information content (AvgIpc) is 3.23. The Morgan fingerprint density at radius 3 is 2.89 bits per heavy atom. The van der Waals surface area contributed by atoms with E-state index in [4.69, 9.17) is 0 Å². The van der Waals surface area contributed by atoms with E-state index < -0.39 is 0 Å². The molecule has 1 fully saturated rings. The maximum atomic E-state index is 12.9. The van der Waals surface area contributed by atoms with Gasteiger partial charge in [0.1, 0.15) is 0 Å². The molecule has 1 saturated heterocycles. The van der Waals surface area contributed by atoms with Gasteiger partial charge in [0.05, 0.1) is 11.6 Å². The number of para-hydroxylation sites is 1. The van der Waals surface area contributed by atoms with Crippen molar-refractivity contribution in [3.05, 3.63) is 66.2 Å². The van der Waals surface area contributed by atoms with Gasteiger partial charge in [-0.2, -0.15) is 5.10 Å². The van der Waals surface area contributed by atoms with Crippen LogP contribution in [0.3, 0.4) is 0 Å². The molecule has 2 amide bonds. The first kappa shape index (κ1) is 16.6. The molecule has 2 aliphatic rings. The van der Waals surface area contributed by atoms with Crippen LogP contribution in [0.25, 0.3) is 10.9 Å². The minimum absolute atomic E-state index is 0.0150. The zero-order chi connectivity index (χ0) is 19.3. The summed E-state index contributed by atoms with van der Waals surface area (Å²) in [5, 5.41) is 11.6. The van der Waals surface area contributed by atoms with Gasteiger partial charge >= 0.3 is 0 Å². The lowest BCUT2D eigenvalue weighted by molar-refractivity contribution is -0.132. The zero-order valence-electron chi connectivity index (χ0n) is 15.2. The molecule has 28 heavy (non-hydrogen) atoms. The summed E-state index contributed by atoms with van der Waals surface area (Å²) in [5.74, 6) is 0.662. The number of amides is 2. The third-order valence-electron chi connectivity index (χ3n) is 5.46. The molecule has 2 aromatic carbocycles. The molecule has 0 unspecified atom stereocenters. The number of hydrogen-bond acceptors (Lipinski definition) is 4. The molecule has 7 heteroatoms. The van der Waals surface area contributed by atoms with Crippen LogP contribution in [0.2, 0.25) is 0 Å². The number of nitrogens with one attached hydrogen (secondary N) is 2. The van der Waals surface area contributed by atoms with Gasteiger partial charge in [-0.3, -0.25) is 14.7 Å². The van der Waals surface area contributed by atoms with Crippen molar-refractivity contribution in [2.45, 2.75) is 12.6 Å². The number of fused-ring (bicyclic) bond motifs is 2. The summed E-state index contributed by atoms with van der Waals surface area (Å²) in [4.78, 5) is 28.1. The molecule has 0 aliphatic carbocycles. The van der Waals surface area contributed by atoms with E-state index in [1.165, 1.54) is 6.08 Å². The van der Waals surface area contributed by atoms with Crippen LogP contribution in [0, 0.1) is 0 Å². The number of carbonyl (C=O) groups excluding carboxylic acids is 2. The number of rotatable bonds is 4. The monoisotopic (exact) mass is 373 g/mol. The number of aromatic nitrogens is 2. The fourth-order valence-electron chi connectivity index (χ4n) is 3.85. The predicted molar refractivity (Wildman–Crippen MR) is 106 cm³/mol. The number of H-pyrrole nitrogens is 1. The molecule has 0 bridgehead atoms. The van der Waals surface area contributed by atoms with Crippen LogP contribution in [0.15, 0.2) is 55.1 Å². The SMILES string of the molecule is C=CC(=O)N1CC(N2Cc3ccc(Nc4n[nH]c5ccccc45)cc3C2=O)C1. The summed E-state index contributed by atoms with van der Waals surface area (Å²) in [6, 6.07) is 13.8. The Balaban J connectivity index is 1.34. The van der Waals surface area contributed by atoms with Crippen LogP contribution < -0.4 is 5.32 Å². The van der Waals surface area contributed by atoms with Crippen molar-refractivity contribution in [3.63, 3.8) is 0 Å². The highest BCUT2D eigenvalue weighted by molar-refractivity contribution is 6.00. The number of nitrogens with zero attached hydrogens (tertiary/aromatic N) is 3. The Kier molecular flexibility index (Phi) is 3.68. The van der Waals surface area contributed by atoms with E-state index in [1.54, 1.807) is 4.90 Å². The fraction of sp³-hybridized carbons (Fsp3) is 0.190. The summed E-state index contributed by atoms with van der Waals surface area (Å²) >= 11 is 0. The van der Waals surface area contributed by atoms with Crippen molar-refractivity contribution in [1.29, 1.82) is 0 Å². The highest BCUT2D eigenvalue weighted by Gasteiger charge is 2.40. The lowest BCUT2D eigenvalue weighted by Crippen LogP contribution is -2.60. The first-order chi connectivity index (χ1) is 13.6. The second kappa shape index (κ2) is 6.23. The summed E-state index contributed by atoms with van der Waals surface area (Å²) < 4.78 is 0. The maximum absolute atomic E-state index is 12.9. The Hall–Kier alpha value is -3.61. The molecule has 140 valence electrons. The topological polar surface area (TPSA) is 81.3 Å². The van der Waals surface area contributed by atoms with E-state index >= 15 is 0 Å². The number of hydrogen-bond donors (Lipinski definition) is 2. The lowest BCUT2D eigenvalue weighted by atomic mass is 10.1. The molecule has 1 aromatic heterocycles. The number of anilines is 2. The average molecular weight is 373 g/mol. The van der Waals surface area contributed by atoms with Gasteiger partial charge in [-0.25, -0.2) is 0 Å². The van der Waals surface area contributed by atoms with Gasteiger partial charge in [0.2, 0.25) is 5.91 Å². The van der Waals surface area contributed by atoms with Crippen LogP contribution in [0.1, 0.15) is 15.9 Å². The van der Waals surface area contributed by atoms with E-state index in [1.807, 2.05) is 47.4 Å². The molecule has 5 rings (SSSR count). The first-order valence-electron chi connectivity index (χ1n) is 9.19. The smallest absolute Gasteiger partial charge is 0.254 e. The number of aromatic amines is 1. The molecule has 2 N–H and O–H groups in total. The molecule has 0 saturated carbocycles. The van der Waals surface area contributed by atoms with Crippen LogP contribution >= 0.6 is 0 Å². The van der Waals surface area contributed by atoms with Gasteiger partial charge in [0.15, 0.2) is 5.82 Å². The van der Waals surface area contributed by atoms with Crippen molar-refractivity contribution in [1.82, 2.24) is 20.0 Å². The third-order valence-corrected chi connectivity index (χ3v) is 5.46. The number of benzene rings is 2. The van der Waals surface area contributed by atoms with Crippen LogP contribution in [-0.4, -0.2) is 50.9 Å². The maximum Gasteiger partial charge on any atom is 0.254 e. The normalized spacial score (nSPS) is 16.2. The summed E-state index contributed by atoms with van der Waals surface area (Å²) in [6.45, 7) is 5.22. The Morgan fingerprint density at radius 1 is 1.25 bits per heavy atom. The highest BCUT2D eigenvalue weighted by Crippen LogP contribution is 2.31. The largest absolute Gasteiger partial charge is 0.338 e. The second-order valence-electron chi connectivity index (χ2n) is 7.15. The summed E-state index contributed by atoms with van der Waals surface area (Å²) in [5.41, 5.74) is 3.49. The molecule has 0 radical (unpaired) electrons. The van der Waals surface area contributed by atoms with Gasteiger partial charge in [0, 0.05) is 36.3 Å². The number of carbonyl (C=O) groups is 2. The van der Waals surface area contributed by atoms with Crippen molar-refractivity contribution < 1.29 is 9.59 Å². The number of likely N-dealkylation sites (tertiary alicyclic amines) is 1. The summed E-state index contributed by atoms with van der Waals surface area (Å²) in [7, 11) is 0. The van der Waals surface area contributed by atoms with E-state index in [0.29, 0.717) is 25.2 Å². The Morgan fingerprint density at radius 2 is 2.07 bits per heavy atom. The van der Waals surface area contributed by atoms with Crippen LogP contribution in [0.5, 0.6) is 0 Å². The molecule has 3 aromatic rings. The van der Waals surface area contributed by atoms with E-state index in [0.717, 1.165) is 28.0 Å². The quantitative estimate of drug-likeness (QED) is 0.689. The van der Waals surface area contributed by atoms with E-state index in [2.05, 4.69) is 22.1 Å². The highest BCUT2D eigenvalue weighted by atomic mass is 16.2. The van der Waals surface area contributed by atoms with Crippen LogP contribution in [-0.2, 0) is 11.3 Å². The van der Waals surface area contributed by atoms with E-state index in [-0.39, 0.29) is 17.9 Å². The summed E-state index contributed by atoms with van der Waals surface area (Å²) in [6.07, 6.45) is 1.31. The molecule has 2 aliphatic heterocycles. The molecule has 0 spiro atoms. The molecular formula is C21H19N5O2. The Labute approximate surface area is 161 Å². The van der Waals surface area contributed by atoms with Crippen molar-refractivity contribution in [2.24, 2.45) is 0 Å². The standard InChI is InChI=1S/C21H19N5O2/c1-2-19(27)25-11-15(12-25)26-10-13-7-8-14(9-17(13)21(26)28)22-20-16-5-3-4-6-18(16)23-24-20/h2-9,15H,1,10-12H2,(H2,22,23,24). The van der Waals surface area contributed by atoms with E-state index in [9.17, 15) is 9.59 Å². The lowest BCUT2D eigenvalue weighted by Gasteiger charge is -2.43. The molecule has 7 nitrogen and oxygen atoms in total. The zero-order valence-corrected chi connectivity index (χ0v) is 15.2. The van der Waals surface area contributed by atoms with Crippen molar-refractivity contribution in [2.75, 3.05) is 18.4 Å². The first-order valence-corrected chi connectivity index (χ1v) is 9.19. The Bertz CT molecular complexity index is 1110. The van der Waals surface area contributed by atoms with Gasteiger partial charge in [-0.15, -0.1) is 0 Å². The predicted octanol–water partition coefficient (Wildman–Crippen LogP) is 2.66. The van der Waals surface area contributed by atoms with Crippen molar-refractivity contribution >= 4 is 34.2 Å². The minimum Gasteiger partial charge on any atom is -0.338 e. The molecule has 3 heterocycles. The molecular weight excluding hydrogens is 354 g/mol. The third kappa shape index (κ3) is 2.55. The fourth-order valence-corrected chi connectivity index (χ4v) is 3.85. The van der Waals surface area contributed by atoms with Gasteiger partial charge in [0.25, 0.3) is 5.91 Å². The van der Waals surface area contributed by atoms with Gasteiger partial charge in [-0.1, -0.05) is 24.8 Å². The van der Waals surface area contributed by atoms with Crippen molar-refractivity contribution in [3.8, 4) is 0 Å². The molecule has 0 atom stereocenters. The second-order valence-corrected chi connectivity index (χ2v) is 7.15. The minimum atomic E-state index is -0.0851. The van der Waals surface area contributed by atoms with Gasteiger partial charge in [-0.05, 0) is 35.9 Å². The van der Waals surface area contributed by atoms with Crippen LogP contribution in [0.4, 0.5) is 11.5 Å². The van der Waals surface area contributed by atoms with Gasteiger partial charge < -0.3 is 15.1 Å².